The van der Waals surface area contributed by atoms with E-state index in [1.807, 2.05) is 6.08 Å². The molecular formula is C24H36O. The first-order valence-corrected chi connectivity index (χ1v) is 10.8. The molecule has 0 bridgehead atoms. The highest BCUT2D eigenvalue weighted by Crippen LogP contribution is 2.67. The van der Waals surface area contributed by atoms with Crippen LogP contribution in [-0.2, 0) is 4.79 Å². The van der Waals surface area contributed by atoms with Gasteiger partial charge in [-0.2, -0.15) is 0 Å². The summed E-state index contributed by atoms with van der Waals surface area (Å²) in [5.41, 5.74) is 4.02. The molecule has 0 aromatic rings. The molecule has 1 heteroatoms. The maximum Gasteiger partial charge on any atom is 0.155 e. The molecule has 4 aliphatic rings. The maximum absolute atomic E-state index is 12.0. The zero-order valence-corrected chi connectivity index (χ0v) is 16.7. The van der Waals surface area contributed by atoms with Gasteiger partial charge < -0.3 is 0 Å². The third kappa shape index (κ3) is 2.52. The van der Waals surface area contributed by atoms with E-state index < -0.39 is 0 Å². The summed E-state index contributed by atoms with van der Waals surface area (Å²) in [6.45, 7) is 9.79. The molecule has 0 spiro atoms. The van der Waals surface area contributed by atoms with Crippen LogP contribution in [-0.4, -0.2) is 5.78 Å². The summed E-state index contributed by atoms with van der Waals surface area (Å²) in [4.78, 5) is 12.0. The Morgan fingerprint density at radius 1 is 1.12 bits per heavy atom. The number of hydrogen-bond acceptors (Lipinski definition) is 1. The minimum atomic E-state index is 0.324. The molecule has 0 aromatic carbocycles. The Bertz CT molecular complexity index is 626. The van der Waals surface area contributed by atoms with E-state index in [4.69, 9.17) is 0 Å². The minimum Gasteiger partial charge on any atom is -0.295 e. The first-order chi connectivity index (χ1) is 11.9. The van der Waals surface area contributed by atoms with Crippen molar-refractivity contribution in [2.75, 3.05) is 0 Å². The number of rotatable bonds is 2. The quantitative estimate of drug-likeness (QED) is 0.525. The van der Waals surface area contributed by atoms with Crippen molar-refractivity contribution < 1.29 is 4.79 Å². The smallest absolute Gasteiger partial charge is 0.155 e. The number of allylic oxidation sites excluding steroid dienone is 3. The average Bonchev–Trinajstić information content (AvgIpc) is 2.93. The van der Waals surface area contributed by atoms with Gasteiger partial charge in [-0.3, -0.25) is 4.79 Å². The van der Waals surface area contributed by atoms with Crippen molar-refractivity contribution in [1.29, 1.82) is 0 Å². The number of ketones is 1. The lowest BCUT2D eigenvalue weighted by molar-refractivity contribution is -0.117. The van der Waals surface area contributed by atoms with Crippen LogP contribution in [0.2, 0.25) is 0 Å². The van der Waals surface area contributed by atoms with Gasteiger partial charge >= 0.3 is 0 Å². The van der Waals surface area contributed by atoms with Crippen LogP contribution in [0.5, 0.6) is 0 Å². The second-order valence-electron chi connectivity index (χ2n) is 10.00. The molecule has 4 rings (SSSR count). The Kier molecular flexibility index (Phi) is 4.28. The number of carbonyl (C=O) groups is 1. The Labute approximate surface area is 154 Å². The predicted octanol–water partition coefficient (Wildman–Crippen LogP) is 6.49. The molecule has 0 aromatic heterocycles. The number of hydrogen-bond donors (Lipinski definition) is 0. The van der Waals surface area contributed by atoms with Crippen LogP contribution >= 0.6 is 0 Å². The summed E-state index contributed by atoms with van der Waals surface area (Å²) in [6, 6.07) is 0. The lowest BCUT2D eigenvalue weighted by Gasteiger charge is -2.58. The zero-order valence-electron chi connectivity index (χ0n) is 16.7. The molecule has 0 amide bonds. The van der Waals surface area contributed by atoms with E-state index in [1.165, 1.54) is 50.5 Å². The van der Waals surface area contributed by atoms with Crippen molar-refractivity contribution in [3.63, 3.8) is 0 Å². The molecule has 25 heavy (non-hydrogen) atoms. The Hall–Kier alpha value is -0.850. The number of fused-ring (bicyclic) bond motifs is 5. The lowest BCUT2D eigenvalue weighted by atomic mass is 9.46. The van der Waals surface area contributed by atoms with E-state index in [1.54, 1.807) is 5.57 Å². The van der Waals surface area contributed by atoms with Gasteiger partial charge in [0.15, 0.2) is 5.78 Å². The van der Waals surface area contributed by atoms with E-state index in [0.717, 1.165) is 36.5 Å². The van der Waals surface area contributed by atoms with Crippen LogP contribution in [0.1, 0.15) is 85.5 Å². The van der Waals surface area contributed by atoms with E-state index in [2.05, 4.69) is 33.8 Å². The van der Waals surface area contributed by atoms with Gasteiger partial charge in [0.1, 0.15) is 0 Å². The summed E-state index contributed by atoms with van der Waals surface area (Å²) < 4.78 is 0. The van der Waals surface area contributed by atoms with Gasteiger partial charge in [-0.1, -0.05) is 38.0 Å². The van der Waals surface area contributed by atoms with E-state index in [-0.39, 0.29) is 0 Å². The Balaban J connectivity index is 1.64. The topological polar surface area (TPSA) is 17.1 Å². The van der Waals surface area contributed by atoms with E-state index in [0.29, 0.717) is 16.6 Å². The normalized spacial score (nSPS) is 47.0. The van der Waals surface area contributed by atoms with Gasteiger partial charge in [0.2, 0.25) is 0 Å². The SMILES string of the molecule is CC/C=C(\C)[C@H]1CCC2C3CCC4=CC(=O)CCC4(C)C3CCC21C. The van der Waals surface area contributed by atoms with Gasteiger partial charge in [-0.25, -0.2) is 0 Å². The standard InChI is InChI=1S/C24H36O/c1-5-6-16(2)20-9-10-21-19-8-7-17-15-18(25)11-13-23(17,3)22(19)12-14-24(20,21)4/h6,15,19-22H,5,7-14H2,1-4H3/b16-6+/t19?,20-,21?,22?,23?,24?/m1/s1. The lowest BCUT2D eigenvalue weighted by Crippen LogP contribution is -2.50. The fourth-order valence-corrected chi connectivity index (χ4v) is 7.77. The molecule has 138 valence electrons. The van der Waals surface area contributed by atoms with Crippen molar-refractivity contribution in [2.24, 2.45) is 34.5 Å². The maximum atomic E-state index is 12.0. The molecule has 0 aliphatic heterocycles. The fraction of sp³-hybridized carbons (Fsp3) is 0.792. The molecule has 3 fully saturated rings. The zero-order chi connectivity index (χ0) is 17.8. The minimum absolute atomic E-state index is 0.324. The van der Waals surface area contributed by atoms with Crippen LogP contribution in [0.4, 0.5) is 0 Å². The molecule has 5 unspecified atom stereocenters. The van der Waals surface area contributed by atoms with Crippen molar-refractivity contribution in [2.45, 2.75) is 85.5 Å². The summed E-state index contributed by atoms with van der Waals surface area (Å²) in [5.74, 6) is 3.83. The molecule has 4 aliphatic carbocycles. The summed E-state index contributed by atoms with van der Waals surface area (Å²) in [7, 11) is 0. The molecular weight excluding hydrogens is 304 g/mol. The van der Waals surface area contributed by atoms with Crippen LogP contribution < -0.4 is 0 Å². The highest BCUT2D eigenvalue weighted by Gasteiger charge is 2.58. The molecule has 0 heterocycles. The highest BCUT2D eigenvalue weighted by atomic mass is 16.1. The third-order valence-electron chi connectivity index (χ3n) is 9.04. The van der Waals surface area contributed by atoms with Crippen molar-refractivity contribution in [1.82, 2.24) is 0 Å². The molecule has 0 N–H and O–H groups in total. The molecule has 1 nitrogen and oxygen atoms in total. The second kappa shape index (κ2) is 6.10. The predicted molar refractivity (Wildman–Crippen MR) is 104 cm³/mol. The molecule has 3 saturated carbocycles. The first-order valence-electron chi connectivity index (χ1n) is 10.8. The van der Waals surface area contributed by atoms with Gasteiger partial charge in [0.05, 0.1) is 0 Å². The van der Waals surface area contributed by atoms with Crippen LogP contribution in [0, 0.1) is 34.5 Å². The van der Waals surface area contributed by atoms with Crippen molar-refractivity contribution >= 4 is 5.78 Å². The Morgan fingerprint density at radius 2 is 1.92 bits per heavy atom. The van der Waals surface area contributed by atoms with Gasteiger partial charge in [0, 0.05) is 6.42 Å². The largest absolute Gasteiger partial charge is 0.295 e. The van der Waals surface area contributed by atoms with E-state index >= 15 is 0 Å². The summed E-state index contributed by atoms with van der Waals surface area (Å²) >= 11 is 0. The fourth-order valence-electron chi connectivity index (χ4n) is 7.77. The Morgan fingerprint density at radius 3 is 2.68 bits per heavy atom. The number of carbonyl (C=O) groups excluding carboxylic acids is 1. The molecule has 0 radical (unpaired) electrons. The average molecular weight is 341 g/mol. The third-order valence-corrected chi connectivity index (χ3v) is 9.04. The second-order valence-corrected chi connectivity index (χ2v) is 10.00. The van der Waals surface area contributed by atoms with Crippen LogP contribution in [0.3, 0.4) is 0 Å². The highest BCUT2D eigenvalue weighted by molar-refractivity contribution is 5.91. The van der Waals surface area contributed by atoms with Gasteiger partial charge in [-0.05, 0) is 98.9 Å². The monoisotopic (exact) mass is 340 g/mol. The van der Waals surface area contributed by atoms with Crippen molar-refractivity contribution in [3.05, 3.63) is 23.3 Å². The van der Waals surface area contributed by atoms with Crippen LogP contribution in [0.25, 0.3) is 0 Å². The first kappa shape index (κ1) is 17.6. The summed E-state index contributed by atoms with van der Waals surface area (Å²) in [6.07, 6.45) is 15.7. The summed E-state index contributed by atoms with van der Waals surface area (Å²) in [5, 5.41) is 0. The molecule has 6 atom stereocenters. The van der Waals surface area contributed by atoms with Crippen LogP contribution in [0.15, 0.2) is 23.3 Å². The van der Waals surface area contributed by atoms with Gasteiger partial charge in [0.25, 0.3) is 0 Å². The van der Waals surface area contributed by atoms with Gasteiger partial charge in [-0.15, -0.1) is 0 Å². The van der Waals surface area contributed by atoms with Crippen molar-refractivity contribution in [3.8, 4) is 0 Å². The van der Waals surface area contributed by atoms with E-state index in [9.17, 15) is 4.79 Å². The molecule has 0 saturated heterocycles.